The minimum absolute atomic E-state index is 0.0597. The Morgan fingerprint density at radius 3 is 2.24 bits per heavy atom. The summed E-state index contributed by atoms with van der Waals surface area (Å²) in [7, 11) is -3.48. The van der Waals surface area contributed by atoms with E-state index in [0.717, 1.165) is 38.6 Å². The van der Waals surface area contributed by atoms with Crippen molar-refractivity contribution in [3.8, 4) is 0 Å². The van der Waals surface area contributed by atoms with Crippen molar-refractivity contribution in [1.82, 2.24) is 14.5 Å². The number of ketones is 1. The van der Waals surface area contributed by atoms with E-state index in [4.69, 9.17) is 0 Å². The van der Waals surface area contributed by atoms with Gasteiger partial charge in [-0.15, -0.1) is 0 Å². The van der Waals surface area contributed by atoms with E-state index in [1.54, 1.807) is 16.4 Å². The van der Waals surface area contributed by atoms with Crippen LogP contribution in [0.1, 0.15) is 30.1 Å². The second-order valence-corrected chi connectivity index (χ2v) is 8.92. The Morgan fingerprint density at radius 1 is 1.08 bits per heavy atom. The standard InChI is InChI=1S/C18H27N3O3S/c1-15(22)17-2-4-18(5-3-17)25(23,24)21-12-10-20(11-13-21)14-16-6-8-19-9-7-16/h2-5,16,19H,6-14H2,1H3. The van der Waals surface area contributed by atoms with E-state index in [2.05, 4.69) is 10.2 Å². The highest BCUT2D eigenvalue weighted by molar-refractivity contribution is 7.89. The van der Waals surface area contributed by atoms with Gasteiger partial charge in [0.25, 0.3) is 0 Å². The van der Waals surface area contributed by atoms with Crippen LogP contribution in [-0.2, 0) is 10.0 Å². The van der Waals surface area contributed by atoms with Crippen molar-refractivity contribution in [2.45, 2.75) is 24.7 Å². The van der Waals surface area contributed by atoms with E-state index in [1.165, 1.54) is 31.9 Å². The number of hydrogen-bond acceptors (Lipinski definition) is 5. The number of nitrogens with zero attached hydrogens (tertiary/aromatic N) is 2. The van der Waals surface area contributed by atoms with Crippen molar-refractivity contribution >= 4 is 15.8 Å². The van der Waals surface area contributed by atoms with E-state index >= 15 is 0 Å². The second-order valence-electron chi connectivity index (χ2n) is 6.98. The summed E-state index contributed by atoms with van der Waals surface area (Å²) in [6, 6.07) is 6.24. The van der Waals surface area contributed by atoms with E-state index < -0.39 is 10.0 Å². The SMILES string of the molecule is CC(=O)c1ccc(S(=O)(=O)N2CCN(CC3CCNCC3)CC2)cc1. The van der Waals surface area contributed by atoms with Crippen LogP contribution in [-0.4, -0.2) is 69.2 Å². The zero-order chi connectivity index (χ0) is 17.9. The zero-order valence-electron chi connectivity index (χ0n) is 14.8. The van der Waals surface area contributed by atoms with Crippen molar-refractivity contribution in [2.24, 2.45) is 5.92 Å². The number of piperidine rings is 1. The molecule has 0 unspecified atom stereocenters. The van der Waals surface area contributed by atoms with Gasteiger partial charge in [0.05, 0.1) is 4.90 Å². The van der Waals surface area contributed by atoms with Crippen LogP contribution in [0.25, 0.3) is 0 Å². The average Bonchev–Trinajstić information content (AvgIpc) is 2.63. The van der Waals surface area contributed by atoms with Gasteiger partial charge in [0.1, 0.15) is 0 Å². The summed E-state index contributed by atoms with van der Waals surface area (Å²) < 4.78 is 27.1. The summed E-state index contributed by atoms with van der Waals surface area (Å²) in [4.78, 5) is 14.0. The molecule has 0 aromatic heterocycles. The third-order valence-electron chi connectivity index (χ3n) is 5.21. The first-order valence-corrected chi connectivity index (χ1v) is 10.4. The summed E-state index contributed by atoms with van der Waals surface area (Å²) in [6.45, 7) is 7.37. The van der Waals surface area contributed by atoms with Crippen LogP contribution in [0.2, 0.25) is 0 Å². The van der Waals surface area contributed by atoms with Crippen molar-refractivity contribution in [3.63, 3.8) is 0 Å². The topological polar surface area (TPSA) is 69.7 Å². The zero-order valence-corrected chi connectivity index (χ0v) is 15.6. The molecule has 138 valence electrons. The van der Waals surface area contributed by atoms with Crippen LogP contribution >= 0.6 is 0 Å². The van der Waals surface area contributed by atoms with Gasteiger partial charge in [0.15, 0.2) is 5.78 Å². The minimum atomic E-state index is -3.48. The fourth-order valence-electron chi connectivity index (χ4n) is 3.59. The highest BCUT2D eigenvalue weighted by Gasteiger charge is 2.29. The highest BCUT2D eigenvalue weighted by Crippen LogP contribution is 2.20. The molecule has 2 heterocycles. The lowest BCUT2D eigenvalue weighted by molar-refractivity contribution is 0.101. The molecular weight excluding hydrogens is 338 g/mol. The number of Topliss-reactive ketones (excluding diaryl/α,β-unsaturated/α-hetero) is 1. The minimum Gasteiger partial charge on any atom is -0.317 e. The number of rotatable bonds is 5. The summed E-state index contributed by atoms with van der Waals surface area (Å²) in [5, 5.41) is 3.38. The molecule has 2 aliphatic heterocycles. The predicted molar refractivity (Wildman–Crippen MR) is 97.2 cm³/mol. The van der Waals surface area contributed by atoms with Crippen LogP contribution < -0.4 is 5.32 Å². The molecule has 2 fully saturated rings. The van der Waals surface area contributed by atoms with E-state index in [-0.39, 0.29) is 10.7 Å². The number of piperazine rings is 1. The fourth-order valence-corrected chi connectivity index (χ4v) is 5.01. The first-order valence-electron chi connectivity index (χ1n) is 9.01. The monoisotopic (exact) mass is 365 g/mol. The maximum Gasteiger partial charge on any atom is 0.243 e. The Labute approximate surface area is 150 Å². The molecule has 0 amide bonds. The van der Waals surface area contributed by atoms with Gasteiger partial charge in [-0.3, -0.25) is 4.79 Å². The van der Waals surface area contributed by atoms with Crippen molar-refractivity contribution in [2.75, 3.05) is 45.8 Å². The molecule has 0 spiro atoms. The maximum absolute atomic E-state index is 12.8. The Bertz CT molecular complexity index is 689. The third kappa shape index (κ3) is 4.47. The van der Waals surface area contributed by atoms with Crippen LogP contribution in [0.4, 0.5) is 0 Å². The number of hydrogen-bond donors (Lipinski definition) is 1. The van der Waals surface area contributed by atoms with E-state index in [1.807, 2.05) is 0 Å². The quantitative estimate of drug-likeness (QED) is 0.794. The lowest BCUT2D eigenvalue weighted by Crippen LogP contribution is -2.50. The summed E-state index contributed by atoms with van der Waals surface area (Å²) in [6.07, 6.45) is 2.42. The number of carbonyl (C=O) groups is 1. The average molecular weight is 365 g/mol. The maximum atomic E-state index is 12.8. The molecule has 6 nitrogen and oxygen atoms in total. The van der Waals surface area contributed by atoms with Crippen LogP contribution in [0.3, 0.4) is 0 Å². The first kappa shape index (κ1) is 18.5. The molecule has 2 saturated heterocycles. The smallest absolute Gasteiger partial charge is 0.243 e. The Hall–Kier alpha value is -1.28. The molecule has 1 aromatic carbocycles. The van der Waals surface area contributed by atoms with Crippen molar-refractivity contribution in [3.05, 3.63) is 29.8 Å². The van der Waals surface area contributed by atoms with Gasteiger partial charge in [-0.2, -0.15) is 4.31 Å². The van der Waals surface area contributed by atoms with Crippen LogP contribution in [0.15, 0.2) is 29.2 Å². The number of carbonyl (C=O) groups excluding carboxylic acids is 1. The van der Waals surface area contributed by atoms with E-state index in [0.29, 0.717) is 18.7 Å². The number of sulfonamides is 1. The Morgan fingerprint density at radius 2 is 1.68 bits per heavy atom. The summed E-state index contributed by atoms with van der Waals surface area (Å²) in [5.74, 6) is 0.666. The molecule has 1 N–H and O–H groups in total. The first-order chi connectivity index (χ1) is 12.0. The predicted octanol–water partition coefficient (Wildman–Crippen LogP) is 1.20. The lowest BCUT2D eigenvalue weighted by atomic mass is 9.97. The number of benzene rings is 1. The molecule has 7 heteroatoms. The van der Waals surface area contributed by atoms with Gasteiger partial charge >= 0.3 is 0 Å². The molecule has 0 bridgehead atoms. The second kappa shape index (κ2) is 7.95. The van der Waals surface area contributed by atoms with Gasteiger partial charge in [0.2, 0.25) is 10.0 Å². The van der Waals surface area contributed by atoms with Gasteiger partial charge in [-0.25, -0.2) is 8.42 Å². The summed E-state index contributed by atoms with van der Waals surface area (Å²) in [5.41, 5.74) is 0.533. The van der Waals surface area contributed by atoms with E-state index in [9.17, 15) is 13.2 Å². The normalized spacial score (nSPS) is 21.3. The van der Waals surface area contributed by atoms with Gasteiger partial charge < -0.3 is 10.2 Å². The molecule has 0 saturated carbocycles. The Balaban J connectivity index is 1.58. The Kier molecular flexibility index (Phi) is 5.89. The molecule has 0 atom stereocenters. The van der Waals surface area contributed by atoms with Crippen molar-refractivity contribution in [1.29, 1.82) is 0 Å². The molecule has 1 aromatic rings. The molecule has 3 rings (SSSR count). The van der Waals surface area contributed by atoms with Crippen molar-refractivity contribution < 1.29 is 13.2 Å². The van der Waals surface area contributed by atoms with Gasteiger partial charge in [-0.05, 0) is 50.9 Å². The fraction of sp³-hybridized carbons (Fsp3) is 0.611. The van der Waals surface area contributed by atoms with Gasteiger partial charge in [-0.1, -0.05) is 12.1 Å². The molecule has 0 radical (unpaired) electrons. The molecule has 0 aliphatic carbocycles. The summed E-state index contributed by atoms with van der Waals surface area (Å²) >= 11 is 0. The molecular formula is C18H27N3O3S. The highest BCUT2D eigenvalue weighted by atomic mass is 32.2. The molecule has 2 aliphatic rings. The largest absolute Gasteiger partial charge is 0.317 e. The van der Waals surface area contributed by atoms with Gasteiger partial charge in [0, 0.05) is 38.3 Å². The lowest BCUT2D eigenvalue weighted by Gasteiger charge is -2.36. The van der Waals surface area contributed by atoms with Crippen LogP contribution in [0, 0.1) is 5.92 Å². The number of nitrogens with one attached hydrogen (secondary N) is 1. The van der Waals surface area contributed by atoms with Crippen LogP contribution in [0.5, 0.6) is 0 Å². The molecule has 25 heavy (non-hydrogen) atoms. The third-order valence-corrected chi connectivity index (χ3v) is 7.12.